The molecule has 1 N–H and O–H groups in total. The minimum Gasteiger partial charge on any atom is -0.324 e. The summed E-state index contributed by atoms with van der Waals surface area (Å²) in [5.74, 6) is -0.775. The monoisotopic (exact) mass is 414 g/mol. The van der Waals surface area contributed by atoms with Crippen molar-refractivity contribution in [3.05, 3.63) is 58.1 Å². The third-order valence-corrected chi connectivity index (χ3v) is 5.31. The summed E-state index contributed by atoms with van der Waals surface area (Å²) < 4.78 is 25.2. The summed E-state index contributed by atoms with van der Waals surface area (Å²) >= 11 is 11.7. The average Bonchev–Trinajstić information content (AvgIpc) is 2.55. The van der Waals surface area contributed by atoms with E-state index in [0.717, 1.165) is 10.6 Å². The first-order valence-electron chi connectivity index (χ1n) is 7.41. The van der Waals surface area contributed by atoms with E-state index < -0.39 is 22.5 Å². The molecular formula is C17H16Cl2N2O4S. The first kappa shape index (κ1) is 20.2. The topological polar surface area (TPSA) is 83.6 Å². The van der Waals surface area contributed by atoms with Gasteiger partial charge in [0, 0.05) is 11.3 Å². The summed E-state index contributed by atoms with van der Waals surface area (Å²) in [7, 11) is -3.75. The van der Waals surface area contributed by atoms with Crippen molar-refractivity contribution in [1.82, 2.24) is 0 Å². The highest BCUT2D eigenvalue weighted by Gasteiger charge is 2.21. The van der Waals surface area contributed by atoms with Crippen LogP contribution in [0.5, 0.6) is 0 Å². The van der Waals surface area contributed by atoms with Gasteiger partial charge in [0.15, 0.2) is 5.78 Å². The summed E-state index contributed by atoms with van der Waals surface area (Å²) in [5, 5.41) is 3.16. The molecule has 0 saturated carbocycles. The first-order valence-corrected chi connectivity index (χ1v) is 10.0. The fourth-order valence-electron chi connectivity index (χ4n) is 2.18. The van der Waals surface area contributed by atoms with Crippen LogP contribution in [0.25, 0.3) is 0 Å². The average molecular weight is 415 g/mol. The molecule has 0 spiro atoms. The summed E-state index contributed by atoms with van der Waals surface area (Å²) in [4.78, 5) is 23.8. The molecule has 0 unspecified atom stereocenters. The van der Waals surface area contributed by atoms with Crippen LogP contribution in [0.4, 0.5) is 11.4 Å². The van der Waals surface area contributed by atoms with Crippen molar-refractivity contribution in [2.75, 3.05) is 22.4 Å². The van der Waals surface area contributed by atoms with Crippen LogP contribution in [-0.2, 0) is 14.8 Å². The van der Waals surface area contributed by atoms with Crippen molar-refractivity contribution >= 4 is 56.3 Å². The molecule has 6 nitrogen and oxygen atoms in total. The molecule has 0 atom stereocenters. The second-order valence-corrected chi connectivity index (χ2v) is 8.27. The molecule has 26 heavy (non-hydrogen) atoms. The molecule has 2 rings (SSSR count). The zero-order valence-corrected chi connectivity index (χ0v) is 16.3. The van der Waals surface area contributed by atoms with Crippen LogP contribution in [0.15, 0.2) is 42.5 Å². The highest BCUT2D eigenvalue weighted by atomic mass is 35.5. The SMILES string of the molecule is CC(=O)c1cccc(N(CC(=O)Nc2ccc(Cl)c(Cl)c2)S(C)(=O)=O)c1. The summed E-state index contributed by atoms with van der Waals surface area (Å²) in [5.41, 5.74) is 0.959. The number of hydrogen-bond donors (Lipinski definition) is 1. The van der Waals surface area contributed by atoms with E-state index >= 15 is 0 Å². The molecule has 2 aromatic rings. The number of benzene rings is 2. The lowest BCUT2D eigenvalue weighted by Crippen LogP contribution is -2.37. The van der Waals surface area contributed by atoms with E-state index in [2.05, 4.69) is 5.32 Å². The summed E-state index contributed by atoms with van der Waals surface area (Å²) in [6.07, 6.45) is 0.986. The largest absolute Gasteiger partial charge is 0.324 e. The highest BCUT2D eigenvalue weighted by molar-refractivity contribution is 7.92. The fourth-order valence-corrected chi connectivity index (χ4v) is 3.33. The number of ketones is 1. The van der Waals surface area contributed by atoms with Gasteiger partial charge in [0.25, 0.3) is 0 Å². The first-order chi connectivity index (χ1) is 12.1. The molecule has 0 radical (unpaired) electrons. The van der Waals surface area contributed by atoms with Gasteiger partial charge in [-0.2, -0.15) is 0 Å². The molecule has 9 heteroatoms. The molecule has 2 aromatic carbocycles. The highest BCUT2D eigenvalue weighted by Crippen LogP contribution is 2.25. The number of rotatable bonds is 6. The number of nitrogens with one attached hydrogen (secondary N) is 1. The van der Waals surface area contributed by atoms with Crippen molar-refractivity contribution in [2.45, 2.75) is 6.92 Å². The predicted molar refractivity (Wildman–Crippen MR) is 104 cm³/mol. The second kappa shape index (κ2) is 8.07. The summed E-state index contributed by atoms with van der Waals surface area (Å²) in [6.45, 7) is 0.918. The number of nitrogens with zero attached hydrogens (tertiary/aromatic N) is 1. The number of anilines is 2. The zero-order valence-electron chi connectivity index (χ0n) is 14.0. The molecule has 0 aliphatic heterocycles. The van der Waals surface area contributed by atoms with E-state index in [4.69, 9.17) is 23.2 Å². The Bertz CT molecular complexity index is 961. The van der Waals surface area contributed by atoms with Crippen molar-refractivity contribution in [3.8, 4) is 0 Å². The van der Waals surface area contributed by atoms with Crippen LogP contribution in [0, 0.1) is 0 Å². The van der Waals surface area contributed by atoms with Crippen LogP contribution in [-0.4, -0.2) is 32.9 Å². The molecular weight excluding hydrogens is 399 g/mol. The van der Waals surface area contributed by atoms with Gasteiger partial charge < -0.3 is 5.32 Å². The van der Waals surface area contributed by atoms with Crippen molar-refractivity contribution in [1.29, 1.82) is 0 Å². The lowest BCUT2D eigenvalue weighted by Gasteiger charge is -2.22. The van der Waals surface area contributed by atoms with Crippen molar-refractivity contribution in [3.63, 3.8) is 0 Å². The Balaban J connectivity index is 2.25. The van der Waals surface area contributed by atoms with E-state index in [9.17, 15) is 18.0 Å². The van der Waals surface area contributed by atoms with Gasteiger partial charge in [0.1, 0.15) is 6.54 Å². The molecule has 0 bridgehead atoms. The van der Waals surface area contributed by atoms with E-state index in [0.29, 0.717) is 16.3 Å². The Kier molecular flexibility index (Phi) is 6.28. The van der Waals surface area contributed by atoms with Gasteiger partial charge in [-0.25, -0.2) is 8.42 Å². The van der Waals surface area contributed by atoms with Gasteiger partial charge in [-0.1, -0.05) is 35.3 Å². The van der Waals surface area contributed by atoms with Crippen LogP contribution < -0.4 is 9.62 Å². The van der Waals surface area contributed by atoms with Crippen molar-refractivity contribution < 1.29 is 18.0 Å². The number of amides is 1. The Morgan fingerprint density at radius 3 is 2.35 bits per heavy atom. The smallest absolute Gasteiger partial charge is 0.245 e. The Labute approximate surface area is 161 Å². The van der Waals surface area contributed by atoms with Gasteiger partial charge in [-0.3, -0.25) is 13.9 Å². The zero-order chi connectivity index (χ0) is 19.5. The third kappa shape index (κ3) is 5.20. The van der Waals surface area contributed by atoms with Crippen LogP contribution in [0.3, 0.4) is 0 Å². The maximum Gasteiger partial charge on any atom is 0.245 e. The van der Waals surface area contributed by atoms with Crippen LogP contribution in [0.1, 0.15) is 17.3 Å². The standard InChI is InChI=1S/C17H16Cl2N2O4S/c1-11(22)12-4-3-5-14(8-12)21(26(2,24)25)10-17(23)20-13-6-7-15(18)16(19)9-13/h3-9H,10H2,1-2H3,(H,20,23). The fraction of sp³-hybridized carbons (Fsp3) is 0.176. The predicted octanol–water partition coefficient (Wildman–Crippen LogP) is 3.60. The van der Waals surface area contributed by atoms with Gasteiger partial charge in [0.2, 0.25) is 15.9 Å². The van der Waals surface area contributed by atoms with E-state index in [-0.39, 0.29) is 16.5 Å². The maximum absolute atomic E-state index is 12.3. The molecule has 0 fully saturated rings. The maximum atomic E-state index is 12.3. The third-order valence-electron chi connectivity index (χ3n) is 3.43. The Morgan fingerprint density at radius 2 is 1.77 bits per heavy atom. The molecule has 0 saturated heterocycles. The molecule has 0 aliphatic rings. The van der Waals surface area contributed by atoms with Crippen LogP contribution >= 0.6 is 23.2 Å². The van der Waals surface area contributed by atoms with E-state index in [1.165, 1.54) is 31.2 Å². The van der Waals surface area contributed by atoms with Gasteiger partial charge in [-0.05, 0) is 37.3 Å². The minimum atomic E-state index is -3.75. The number of hydrogen-bond acceptors (Lipinski definition) is 4. The molecule has 0 heterocycles. The van der Waals surface area contributed by atoms with E-state index in [1.807, 2.05) is 0 Å². The lowest BCUT2D eigenvalue weighted by atomic mass is 10.1. The normalized spacial score (nSPS) is 11.1. The number of sulfonamides is 1. The minimum absolute atomic E-state index is 0.208. The lowest BCUT2D eigenvalue weighted by molar-refractivity contribution is -0.114. The number of carbonyl (C=O) groups excluding carboxylic acids is 2. The van der Waals surface area contributed by atoms with Gasteiger partial charge >= 0.3 is 0 Å². The number of halogens is 2. The Hall–Kier alpha value is -2.09. The van der Waals surface area contributed by atoms with Gasteiger partial charge in [-0.15, -0.1) is 0 Å². The molecule has 1 amide bonds. The number of carbonyl (C=O) groups is 2. The van der Waals surface area contributed by atoms with Crippen LogP contribution in [0.2, 0.25) is 10.0 Å². The summed E-state index contributed by atoms with van der Waals surface area (Å²) in [6, 6.07) is 10.6. The Morgan fingerprint density at radius 1 is 1.08 bits per heavy atom. The molecule has 138 valence electrons. The molecule has 0 aromatic heterocycles. The quantitative estimate of drug-likeness (QED) is 0.731. The van der Waals surface area contributed by atoms with Gasteiger partial charge in [0.05, 0.1) is 22.0 Å². The molecule has 0 aliphatic carbocycles. The van der Waals surface area contributed by atoms with E-state index in [1.54, 1.807) is 18.2 Å². The number of Topliss-reactive ketones (excluding diaryl/α,β-unsaturated/α-hetero) is 1. The van der Waals surface area contributed by atoms with Crippen molar-refractivity contribution in [2.24, 2.45) is 0 Å². The second-order valence-electron chi connectivity index (χ2n) is 5.55.